The van der Waals surface area contributed by atoms with Crippen LogP contribution in [0, 0.1) is 0 Å². The summed E-state index contributed by atoms with van der Waals surface area (Å²) in [6, 6.07) is 43.8. The Morgan fingerprint density at radius 1 is 0.442 bits per heavy atom. The first-order valence-electron chi connectivity index (χ1n) is 14.3. The maximum absolute atomic E-state index is 5.00. The summed E-state index contributed by atoms with van der Waals surface area (Å²) in [6.07, 6.45) is 4.37. The second-order valence-corrected chi connectivity index (χ2v) is 10.6. The number of hydrogen-bond acceptors (Lipinski definition) is 5. The van der Waals surface area contributed by atoms with E-state index in [0.29, 0.717) is 17.5 Å². The molecule has 0 radical (unpaired) electrons. The molecule has 2 heterocycles. The lowest BCUT2D eigenvalue weighted by molar-refractivity contribution is 1.07. The molecule has 0 amide bonds. The Hall–Kier alpha value is -5.81. The Morgan fingerprint density at radius 2 is 0.977 bits per heavy atom. The van der Waals surface area contributed by atoms with Crippen LogP contribution in [0.25, 0.3) is 67.7 Å². The molecule has 0 fully saturated rings. The van der Waals surface area contributed by atoms with Crippen molar-refractivity contribution >= 4 is 0 Å². The molecule has 1 aliphatic carbocycles. The SMILES string of the molecule is c1ccc(-c2ccc(-c3nc(-c4ccccc4)nc(-c4cccc(-c5cccc6c5Cc5cncnc5-6)c4)n3)cc2)cc1. The van der Waals surface area contributed by atoms with Crippen LogP contribution in [0.3, 0.4) is 0 Å². The molecule has 5 nitrogen and oxygen atoms in total. The monoisotopic (exact) mass is 551 g/mol. The average molecular weight is 552 g/mol. The number of rotatable bonds is 5. The second kappa shape index (κ2) is 10.5. The van der Waals surface area contributed by atoms with Gasteiger partial charge in [0.1, 0.15) is 6.33 Å². The van der Waals surface area contributed by atoms with Gasteiger partial charge in [-0.15, -0.1) is 0 Å². The van der Waals surface area contributed by atoms with Gasteiger partial charge in [-0.05, 0) is 33.9 Å². The van der Waals surface area contributed by atoms with E-state index < -0.39 is 0 Å². The summed E-state index contributed by atoms with van der Waals surface area (Å²) in [5.74, 6) is 1.93. The molecule has 1 aliphatic rings. The molecule has 0 saturated carbocycles. The first kappa shape index (κ1) is 24.9. The Bertz CT molecular complexity index is 2090. The van der Waals surface area contributed by atoms with Gasteiger partial charge in [0, 0.05) is 40.4 Å². The van der Waals surface area contributed by atoms with Gasteiger partial charge in [-0.1, -0.05) is 121 Å². The van der Waals surface area contributed by atoms with Crippen LogP contribution in [0.4, 0.5) is 0 Å². The van der Waals surface area contributed by atoms with E-state index >= 15 is 0 Å². The minimum atomic E-state index is 0.638. The summed E-state index contributed by atoms with van der Waals surface area (Å²) in [4.78, 5) is 23.7. The summed E-state index contributed by atoms with van der Waals surface area (Å²) in [5.41, 5.74) is 12.1. The van der Waals surface area contributed by atoms with E-state index in [9.17, 15) is 0 Å². The van der Waals surface area contributed by atoms with E-state index in [0.717, 1.165) is 45.5 Å². The zero-order chi connectivity index (χ0) is 28.6. The smallest absolute Gasteiger partial charge is 0.164 e. The molecule has 0 spiro atoms. The van der Waals surface area contributed by atoms with Crippen molar-refractivity contribution in [2.45, 2.75) is 6.42 Å². The van der Waals surface area contributed by atoms with Gasteiger partial charge in [0.25, 0.3) is 0 Å². The van der Waals surface area contributed by atoms with E-state index in [1.807, 2.05) is 42.6 Å². The molecule has 5 heteroatoms. The van der Waals surface area contributed by atoms with E-state index in [4.69, 9.17) is 15.0 Å². The fourth-order valence-corrected chi connectivity index (χ4v) is 5.81. The molecule has 0 atom stereocenters. The maximum Gasteiger partial charge on any atom is 0.164 e. The van der Waals surface area contributed by atoms with Crippen molar-refractivity contribution in [3.63, 3.8) is 0 Å². The first-order valence-corrected chi connectivity index (χ1v) is 14.3. The molecule has 0 saturated heterocycles. The van der Waals surface area contributed by atoms with Crippen molar-refractivity contribution < 1.29 is 0 Å². The van der Waals surface area contributed by atoms with Crippen LogP contribution in [0.2, 0.25) is 0 Å². The molecule has 0 aliphatic heterocycles. The van der Waals surface area contributed by atoms with Gasteiger partial charge in [-0.3, -0.25) is 0 Å². The Labute approximate surface area is 249 Å². The highest BCUT2D eigenvalue weighted by Crippen LogP contribution is 2.40. The molecule has 43 heavy (non-hydrogen) atoms. The van der Waals surface area contributed by atoms with Gasteiger partial charge in [-0.25, -0.2) is 24.9 Å². The highest BCUT2D eigenvalue weighted by molar-refractivity contribution is 5.84. The van der Waals surface area contributed by atoms with Gasteiger partial charge in [0.15, 0.2) is 17.5 Å². The van der Waals surface area contributed by atoms with E-state index in [1.165, 1.54) is 22.3 Å². The fourth-order valence-electron chi connectivity index (χ4n) is 5.81. The predicted molar refractivity (Wildman–Crippen MR) is 171 cm³/mol. The minimum Gasteiger partial charge on any atom is -0.244 e. The van der Waals surface area contributed by atoms with Gasteiger partial charge in [-0.2, -0.15) is 0 Å². The van der Waals surface area contributed by atoms with Gasteiger partial charge in [0.2, 0.25) is 0 Å². The normalized spacial score (nSPS) is 11.6. The van der Waals surface area contributed by atoms with Crippen molar-refractivity contribution in [3.8, 4) is 67.7 Å². The zero-order valence-electron chi connectivity index (χ0n) is 23.2. The molecule has 8 rings (SSSR count). The lowest BCUT2D eigenvalue weighted by atomic mass is 9.95. The summed E-state index contributed by atoms with van der Waals surface area (Å²) in [6.45, 7) is 0. The third kappa shape index (κ3) is 4.67. The number of aromatic nitrogens is 5. The first-order chi connectivity index (χ1) is 21.3. The molecular weight excluding hydrogens is 526 g/mol. The third-order valence-electron chi connectivity index (χ3n) is 7.94. The number of nitrogens with zero attached hydrogens (tertiary/aromatic N) is 5. The van der Waals surface area contributed by atoms with Crippen molar-refractivity contribution in [2.24, 2.45) is 0 Å². The fraction of sp³-hybridized carbons (Fsp3) is 0.0263. The van der Waals surface area contributed by atoms with E-state index in [1.54, 1.807) is 6.33 Å². The lowest BCUT2D eigenvalue weighted by Gasteiger charge is -2.12. The third-order valence-corrected chi connectivity index (χ3v) is 7.94. The van der Waals surface area contributed by atoms with Crippen LogP contribution in [0.15, 0.2) is 140 Å². The molecule has 202 valence electrons. The molecular formula is C38H25N5. The number of hydrogen-bond donors (Lipinski definition) is 0. The van der Waals surface area contributed by atoms with E-state index in [2.05, 4.69) is 101 Å². The quantitative estimate of drug-likeness (QED) is 0.214. The largest absolute Gasteiger partial charge is 0.244 e. The van der Waals surface area contributed by atoms with Gasteiger partial charge >= 0.3 is 0 Å². The molecule has 7 aromatic rings. The Morgan fingerprint density at radius 3 is 1.72 bits per heavy atom. The van der Waals surface area contributed by atoms with Gasteiger partial charge in [0.05, 0.1) is 5.69 Å². The summed E-state index contributed by atoms with van der Waals surface area (Å²) in [7, 11) is 0. The van der Waals surface area contributed by atoms with Crippen LogP contribution >= 0.6 is 0 Å². The molecule has 2 aromatic heterocycles. The molecule has 5 aromatic carbocycles. The van der Waals surface area contributed by atoms with E-state index in [-0.39, 0.29) is 0 Å². The second-order valence-electron chi connectivity index (χ2n) is 10.6. The zero-order valence-corrected chi connectivity index (χ0v) is 23.2. The van der Waals surface area contributed by atoms with Gasteiger partial charge < -0.3 is 0 Å². The van der Waals surface area contributed by atoms with Crippen LogP contribution in [0.5, 0.6) is 0 Å². The van der Waals surface area contributed by atoms with Crippen LogP contribution in [-0.2, 0) is 6.42 Å². The summed E-state index contributed by atoms with van der Waals surface area (Å²) in [5, 5.41) is 0. The number of benzene rings is 5. The van der Waals surface area contributed by atoms with Crippen LogP contribution in [0.1, 0.15) is 11.1 Å². The van der Waals surface area contributed by atoms with Crippen molar-refractivity contribution in [1.82, 2.24) is 24.9 Å². The maximum atomic E-state index is 5.00. The van der Waals surface area contributed by atoms with Crippen molar-refractivity contribution in [1.29, 1.82) is 0 Å². The molecule has 0 unspecified atom stereocenters. The molecule has 0 N–H and O–H groups in total. The average Bonchev–Trinajstić information content (AvgIpc) is 3.48. The van der Waals surface area contributed by atoms with Crippen molar-refractivity contribution in [3.05, 3.63) is 151 Å². The van der Waals surface area contributed by atoms with Crippen molar-refractivity contribution in [2.75, 3.05) is 0 Å². The Balaban J connectivity index is 1.22. The Kier molecular flexibility index (Phi) is 6.12. The number of fused-ring (bicyclic) bond motifs is 3. The molecule has 0 bridgehead atoms. The summed E-state index contributed by atoms with van der Waals surface area (Å²) < 4.78 is 0. The topological polar surface area (TPSA) is 64.5 Å². The lowest BCUT2D eigenvalue weighted by Crippen LogP contribution is -2.00. The summed E-state index contributed by atoms with van der Waals surface area (Å²) >= 11 is 0. The highest BCUT2D eigenvalue weighted by atomic mass is 15.0. The standard InChI is InChI=1S/C38H25N5/c1-3-9-25(10-4-1)26-17-19-28(20-18-26)37-41-36(27-11-5-2-6-12-27)42-38(43-37)30-14-7-13-29(21-30)32-15-8-16-33-34(32)22-31-23-39-24-40-35(31)33/h1-21,23-24H,22H2. The van der Waals surface area contributed by atoms with Crippen LogP contribution in [-0.4, -0.2) is 24.9 Å². The van der Waals surface area contributed by atoms with Crippen LogP contribution < -0.4 is 0 Å². The predicted octanol–water partition coefficient (Wildman–Crippen LogP) is 8.57. The highest BCUT2D eigenvalue weighted by Gasteiger charge is 2.23. The minimum absolute atomic E-state index is 0.638.